The van der Waals surface area contributed by atoms with Gasteiger partial charge in [0.1, 0.15) is 23.6 Å². The summed E-state index contributed by atoms with van der Waals surface area (Å²) in [5, 5.41) is 2.56. The minimum atomic E-state index is -4.99. The molecular weight excluding hydrogens is 508 g/mol. The number of hydrogen-bond acceptors (Lipinski definition) is 5. The van der Waals surface area contributed by atoms with E-state index in [1.165, 1.54) is 55.8 Å². The van der Waals surface area contributed by atoms with E-state index in [1.807, 2.05) is 0 Å². The molecular formula is C23H15Cl2F3N4O3. The molecule has 0 saturated carbocycles. The molecule has 0 aliphatic heterocycles. The number of alkyl halides is 3. The van der Waals surface area contributed by atoms with E-state index in [0.717, 1.165) is 10.9 Å². The molecule has 0 fully saturated rings. The third-order valence-electron chi connectivity index (χ3n) is 5.14. The van der Waals surface area contributed by atoms with Crippen LogP contribution in [0.5, 0.6) is 5.75 Å². The summed E-state index contributed by atoms with van der Waals surface area (Å²) in [5.41, 5.74) is -1.72. The Morgan fingerprint density at radius 2 is 1.89 bits per heavy atom. The van der Waals surface area contributed by atoms with Crippen LogP contribution in [0.1, 0.15) is 21.6 Å². The van der Waals surface area contributed by atoms with Crippen molar-refractivity contribution in [1.29, 1.82) is 0 Å². The van der Waals surface area contributed by atoms with Crippen LogP contribution in [-0.4, -0.2) is 33.3 Å². The smallest absolute Gasteiger partial charge is 0.432 e. The third-order valence-corrected chi connectivity index (χ3v) is 5.73. The molecule has 1 N–H and O–H groups in total. The summed E-state index contributed by atoms with van der Waals surface area (Å²) in [4.78, 5) is 33.3. The fourth-order valence-corrected chi connectivity index (χ4v) is 4.09. The van der Waals surface area contributed by atoms with E-state index in [1.54, 1.807) is 0 Å². The third kappa shape index (κ3) is 4.94. The van der Waals surface area contributed by atoms with Gasteiger partial charge in [-0.05, 0) is 42.0 Å². The second kappa shape index (κ2) is 9.55. The molecule has 2 aromatic heterocycles. The number of anilines is 1. The number of aromatic nitrogens is 3. The number of nitrogens with zero attached hydrogens (tertiary/aromatic N) is 3. The fraction of sp³-hybridized carbons (Fsp3) is 0.130. The second-order valence-electron chi connectivity index (χ2n) is 7.30. The lowest BCUT2D eigenvalue weighted by Crippen LogP contribution is -2.26. The first-order valence-corrected chi connectivity index (χ1v) is 10.7. The first-order valence-electron chi connectivity index (χ1n) is 9.93. The number of fused-ring (bicyclic) bond motifs is 1. The summed E-state index contributed by atoms with van der Waals surface area (Å²) in [5.74, 6) is -2.52. The summed E-state index contributed by atoms with van der Waals surface area (Å²) < 4.78 is 49.4. The maximum absolute atomic E-state index is 14.4. The van der Waals surface area contributed by atoms with E-state index in [9.17, 15) is 22.8 Å². The van der Waals surface area contributed by atoms with Crippen molar-refractivity contribution in [2.24, 2.45) is 0 Å². The number of carbonyl (C=O) groups excluding carboxylic acids is 2. The highest BCUT2D eigenvalue weighted by molar-refractivity contribution is 6.48. The summed E-state index contributed by atoms with van der Waals surface area (Å²) in [6.07, 6.45) is -2.57. The van der Waals surface area contributed by atoms with Crippen LogP contribution in [0, 0.1) is 0 Å². The summed E-state index contributed by atoms with van der Waals surface area (Å²) in [6.45, 7) is -0.339. The van der Waals surface area contributed by atoms with Crippen LogP contribution in [0.3, 0.4) is 0 Å². The van der Waals surface area contributed by atoms with Crippen molar-refractivity contribution in [1.82, 2.24) is 14.5 Å². The number of Topliss-reactive ketones (excluding diaryl/α,β-unsaturated/α-hetero) is 1. The number of ether oxygens (including phenoxy) is 1. The van der Waals surface area contributed by atoms with Crippen molar-refractivity contribution in [3.8, 4) is 5.75 Å². The Bertz CT molecular complexity index is 1440. The Morgan fingerprint density at radius 3 is 2.51 bits per heavy atom. The standard InChI is InChI=1S/C23H15Cl2F3N4O3/c1-35-14-4-5-17-15(9-14)19(20(33)22(34)31-18-6-7-29-11-30-18)21(23(26,27)28)32(17)10-12-2-3-13(24)8-16(12)25/h2-9,11H,10H2,1H3,(H,29,30,31,34). The predicted octanol–water partition coefficient (Wildman–Crippen LogP) is 5.64. The normalized spacial score (nSPS) is 11.5. The van der Waals surface area contributed by atoms with Gasteiger partial charge in [-0.3, -0.25) is 9.59 Å². The molecule has 12 heteroatoms. The molecule has 7 nitrogen and oxygen atoms in total. The molecule has 4 rings (SSSR count). The van der Waals surface area contributed by atoms with Crippen molar-refractivity contribution in [2.45, 2.75) is 12.7 Å². The molecule has 1 amide bonds. The van der Waals surface area contributed by atoms with Crippen molar-refractivity contribution in [3.05, 3.63) is 81.9 Å². The number of methoxy groups -OCH3 is 1. The number of amides is 1. The van der Waals surface area contributed by atoms with E-state index in [0.29, 0.717) is 10.6 Å². The SMILES string of the molecule is COc1ccc2c(c1)c(C(=O)C(=O)Nc1ccncn1)c(C(F)(F)F)n2Cc1ccc(Cl)cc1Cl. The number of ketones is 1. The van der Waals surface area contributed by atoms with Gasteiger partial charge in [0.15, 0.2) is 0 Å². The van der Waals surface area contributed by atoms with E-state index < -0.39 is 29.1 Å². The molecule has 2 heterocycles. The molecule has 4 aromatic rings. The van der Waals surface area contributed by atoms with Crippen LogP contribution in [0.4, 0.5) is 19.0 Å². The minimum Gasteiger partial charge on any atom is -0.497 e. The maximum Gasteiger partial charge on any atom is 0.432 e. The molecule has 0 aliphatic carbocycles. The number of rotatable bonds is 6. The summed E-state index contributed by atoms with van der Waals surface area (Å²) >= 11 is 12.1. The monoisotopic (exact) mass is 522 g/mol. The zero-order chi connectivity index (χ0) is 25.3. The minimum absolute atomic E-state index is 0.0406. The van der Waals surface area contributed by atoms with Gasteiger partial charge in [-0.25, -0.2) is 9.97 Å². The van der Waals surface area contributed by atoms with Gasteiger partial charge in [-0.1, -0.05) is 29.3 Å². The molecule has 35 heavy (non-hydrogen) atoms. The van der Waals surface area contributed by atoms with E-state index in [2.05, 4.69) is 15.3 Å². The van der Waals surface area contributed by atoms with Crippen molar-refractivity contribution in [3.63, 3.8) is 0 Å². The summed E-state index contributed by atoms with van der Waals surface area (Å²) in [6, 6.07) is 9.79. The highest BCUT2D eigenvalue weighted by Crippen LogP contribution is 2.40. The number of carbonyl (C=O) groups is 2. The Morgan fingerprint density at radius 1 is 1.11 bits per heavy atom. The van der Waals surface area contributed by atoms with Crippen molar-refractivity contribution >= 4 is 51.6 Å². The van der Waals surface area contributed by atoms with Crippen LogP contribution in [0.25, 0.3) is 10.9 Å². The Labute approximate surface area is 206 Å². The van der Waals surface area contributed by atoms with Crippen molar-refractivity contribution in [2.75, 3.05) is 12.4 Å². The lowest BCUT2D eigenvalue weighted by Gasteiger charge is -2.15. The number of nitrogens with one attached hydrogen (secondary N) is 1. The van der Waals surface area contributed by atoms with Gasteiger partial charge >= 0.3 is 6.18 Å². The second-order valence-corrected chi connectivity index (χ2v) is 8.15. The highest BCUT2D eigenvalue weighted by atomic mass is 35.5. The summed E-state index contributed by atoms with van der Waals surface area (Å²) in [7, 11) is 1.33. The van der Waals surface area contributed by atoms with E-state index in [-0.39, 0.29) is 34.0 Å². The Hall–Kier alpha value is -3.63. The maximum atomic E-state index is 14.4. The van der Waals surface area contributed by atoms with Gasteiger partial charge in [0, 0.05) is 33.7 Å². The van der Waals surface area contributed by atoms with Crippen molar-refractivity contribution < 1.29 is 27.5 Å². The molecule has 0 atom stereocenters. The average molecular weight is 523 g/mol. The van der Waals surface area contributed by atoms with Gasteiger partial charge < -0.3 is 14.6 Å². The van der Waals surface area contributed by atoms with E-state index >= 15 is 0 Å². The molecule has 0 bridgehead atoms. The molecule has 180 valence electrons. The van der Waals surface area contributed by atoms with Crippen LogP contribution < -0.4 is 10.1 Å². The van der Waals surface area contributed by atoms with Gasteiger partial charge in [-0.2, -0.15) is 13.2 Å². The Kier molecular flexibility index (Phi) is 6.68. The zero-order valence-electron chi connectivity index (χ0n) is 17.9. The topological polar surface area (TPSA) is 86.1 Å². The number of benzene rings is 2. The molecule has 0 radical (unpaired) electrons. The number of halogens is 5. The van der Waals surface area contributed by atoms with Crippen LogP contribution in [-0.2, 0) is 17.5 Å². The Balaban J connectivity index is 1.93. The van der Waals surface area contributed by atoms with Crippen LogP contribution >= 0.6 is 23.2 Å². The fourth-order valence-electron chi connectivity index (χ4n) is 3.62. The average Bonchev–Trinajstić information content (AvgIpc) is 3.14. The molecule has 0 spiro atoms. The molecule has 2 aromatic carbocycles. The number of hydrogen-bond donors (Lipinski definition) is 1. The van der Waals surface area contributed by atoms with Crippen LogP contribution in [0.2, 0.25) is 10.0 Å². The first kappa shape index (κ1) is 24.5. The van der Waals surface area contributed by atoms with E-state index in [4.69, 9.17) is 27.9 Å². The lowest BCUT2D eigenvalue weighted by molar-refractivity contribution is -0.143. The zero-order valence-corrected chi connectivity index (χ0v) is 19.4. The van der Waals surface area contributed by atoms with Gasteiger partial charge in [0.2, 0.25) is 0 Å². The highest BCUT2D eigenvalue weighted by Gasteiger charge is 2.42. The lowest BCUT2D eigenvalue weighted by atomic mass is 10.0. The van der Waals surface area contributed by atoms with Crippen LogP contribution in [0.15, 0.2) is 55.0 Å². The predicted molar refractivity (Wildman–Crippen MR) is 124 cm³/mol. The largest absolute Gasteiger partial charge is 0.497 e. The van der Waals surface area contributed by atoms with Gasteiger partial charge in [-0.15, -0.1) is 0 Å². The van der Waals surface area contributed by atoms with Gasteiger partial charge in [0.25, 0.3) is 11.7 Å². The molecule has 0 aliphatic rings. The molecule has 0 saturated heterocycles. The first-order chi connectivity index (χ1) is 16.6. The molecule has 0 unspecified atom stereocenters. The quantitative estimate of drug-likeness (QED) is 0.261. The van der Waals surface area contributed by atoms with Gasteiger partial charge in [0.05, 0.1) is 12.7 Å².